The molecular weight excluding hydrogens is 366 g/mol. The Hall–Kier alpha value is -2.64. The Morgan fingerprint density at radius 2 is 2.21 bits per heavy atom. The summed E-state index contributed by atoms with van der Waals surface area (Å²) in [6.45, 7) is 7.45. The van der Waals surface area contributed by atoms with Crippen LogP contribution in [0.25, 0.3) is 0 Å². The molecule has 0 saturated carbocycles. The summed E-state index contributed by atoms with van der Waals surface area (Å²) in [6, 6.07) is 2.01. The molecule has 1 atom stereocenters. The standard InChI is InChI=1S/C21H33N7O/c1-5-22-19-11-20(24-15-23-19)28-10-6-7-17(12-28)8-9-21(29)26(3)13-18-14-27(4)25-16(18)2/h11,14-15,17H,5-10,12-13H2,1-4H3,(H,22,23,24). The van der Waals surface area contributed by atoms with Crippen molar-refractivity contribution in [3.8, 4) is 0 Å². The van der Waals surface area contributed by atoms with Gasteiger partial charge in [-0.2, -0.15) is 5.10 Å². The van der Waals surface area contributed by atoms with Gasteiger partial charge in [0.2, 0.25) is 5.91 Å². The minimum absolute atomic E-state index is 0.196. The van der Waals surface area contributed by atoms with Gasteiger partial charge in [-0.25, -0.2) is 9.97 Å². The molecule has 0 spiro atoms. The number of piperidine rings is 1. The fourth-order valence-corrected chi connectivity index (χ4v) is 3.97. The first kappa shape index (κ1) is 21.1. The molecule has 0 aliphatic carbocycles. The maximum atomic E-state index is 12.6. The summed E-state index contributed by atoms with van der Waals surface area (Å²) in [4.78, 5) is 25.5. The van der Waals surface area contributed by atoms with E-state index >= 15 is 0 Å². The van der Waals surface area contributed by atoms with Crippen molar-refractivity contribution in [2.24, 2.45) is 13.0 Å². The molecule has 1 saturated heterocycles. The number of aryl methyl sites for hydroxylation is 2. The fourth-order valence-electron chi connectivity index (χ4n) is 3.97. The van der Waals surface area contributed by atoms with E-state index in [4.69, 9.17) is 0 Å². The highest BCUT2D eigenvalue weighted by Gasteiger charge is 2.23. The molecule has 1 unspecified atom stereocenters. The highest BCUT2D eigenvalue weighted by atomic mass is 16.2. The lowest BCUT2D eigenvalue weighted by Crippen LogP contribution is -2.36. The SMILES string of the molecule is CCNc1cc(N2CCCC(CCC(=O)N(C)Cc3cn(C)nc3C)C2)ncn1. The van der Waals surface area contributed by atoms with Crippen molar-refractivity contribution >= 4 is 17.5 Å². The van der Waals surface area contributed by atoms with Gasteiger partial charge in [-0.15, -0.1) is 0 Å². The van der Waals surface area contributed by atoms with E-state index in [0.717, 1.165) is 55.4 Å². The maximum absolute atomic E-state index is 12.6. The predicted octanol–water partition coefficient (Wildman–Crippen LogP) is 2.61. The monoisotopic (exact) mass is 399 g/mol. The minimum Gasteiger partial charge on any atom is -0.370 e. The first-order valence-corrected chi connectivity index (χ1v) is 10.5. The summed E-state index contributed by atoms with van der Waals surface area (Å²) in [5.74, 6) is 2.54. The zero-order valence-corrected chi connectivity index (χ0v) is 18.1. The van der Waals surface area contributed by atoms with E-state index in [0.29, 0.717) is 18.9 Å². The van der Waals surface area contributed by atoms with Crippen LogP contribution in [0.4, 0.5) is 11.6 Å². The van der Waals surface area contributed by atoms with Gasteiger partial charge in [-0.05, 0) is 39.0 Å². The second-order valence-corrected chi connectivity index (χ2v) is 7.95. The van der Waals surface area contributed by atoms with Crippen molar-refractivity contribution in [2.75, 3.05) is 36.9 Å². The molecule has 1 aliphatic rings. The van der Waals surface area contributed by atoms with Crippen molar-refractivity contribution in [1.82, 2.24) is 24.6 Å². The zero-order valence-electron chi connectivity index (χ0n) is 18.1. The Morgan fingerprint density at radius 3 is 2.93 bits per heavy atom. The van der Waals surface area contributed by atoms with E-state index in [-0.39, 0.29) is 5.91 Å². The molecule has 1 amide bonds. The quantitative estimate of drug-likeness (QED) is 0.735. The van der Waals surface area contributed by atoms with Gasteiger partial charge in [-0.3, -0.25) is 9.48 Å². The number of nitrogens with zero attached hydrogens (tertiary/aromatic N) is 6. The number of rotatable bonds is 8. The van der Waals surface area contributed by atoms with E-state index in [2.05, 4.69) is 32.2 Å². The molecule has 158 valence electrons. The van der Waals surface area contributed by atoms with Crippen LogP contribution in [-0.4, -0.2) is 57.2 Å². The van der Waals surface area contributed by atoms with Crippen molar-refractivity contribution in [3.05, 3.63) is 29.8 Å². The van der Waals surface area contributed by atoms with Crippen molar-refractivity contribution in [1.29, 1.82) is 0 Å². The summed E-state index contributed by atoms with van der Waals surface area (Å²) in [7, 11) is 3.79. The number of amides is 1. The van der Waals surface area contributed by atoms with Crippen LogP contribution in [0.1, 0.15) is 43.9 Å². The molecule has 2 aromatic heterocycles. The molecule has 8 nitrogen and oxygen atoms in total. The molecular formula is C21H33N7O. The molecule has 3 heterocycles. The summed E-state index contributed by atoms with van der Waals surface area (Å²) in [6.07, 6.45) is 7.40. The lowest BCUT2D eigenvalue weighted by Gasteiger charge is -2.33. The number of hydrogen-bond donors (Lipinski definition) is 1. The van der Waals surface area contributed by atoms with Crippen LogP contribution in [-0.2, 0) is 18.4 Å². The first-order chi connectivity index (χ1) is 14.0. The highest BCUT2D eigenvalue weighted by molar-refractivity contribution is 5.75. The Labute approximate surface area is 173 Å². The van der Waals surface area contributed by atoms with Gasteiger partial charge in [0, 0.05) is 64.5 Å². The van der Waals surface area contributed by atoms with E-state index in [9.17, 15) is 4.79 Å². The molecule has 1 fully saturated rings. The van der Waals surface area contributed by atoms with Crippen LogP contribution in [0.5, 0.6) is 0 Å². The van der Waals surface area contributed by atoms with Crippen molar-refractivity contribution in [2.45, 2.75) is 46.1 Å². The summed E-state index contributed by atoms with van der Waals surface area (Å²) >= 11 is 0. The van der Waals surface area contributed by atoms with Gasteiger partial charge >= 0.3 is 0 Å². The lowest BCUT2D eigenvalue weighted by molar-refractivity contribution is -0.130. The zero-order chi connectivity index (χ0) is 20.8. The van der Waals surface area contributed by atoms with Gasteiger partial charge < -0.3 is 15.1 Å². The van der Waals surface area contributed by atoms with Gasteiger partial charge in [-0.1, -0.05) is 0 Å². The molecule has 29 heavy (non-hydrogen) atoms. The molecule has 0 radical (unpaired) electrons. The van der Waals surface area contributed by atoms with Gasteiger partial charge in [0.25, 0.3) is 0 Å². The third kappa shape index (κ3) is 5.68. The topological polar surface area (TPSA) is 79.2 Å². The summed E-state index contributed by atoms with van der Waals surface area (Å²) in [5, 5.41) is 7.60. The highest BCUT2D eigenvalue weighted by Crippen LogP contribution is 2.25. The molecule has 0 bridgehead atoms. The Kier molecular flexibility index (Phi) is 7.06. The number of carbonyl (C=O) groups is 1. The van der Waals surface area contributed by atoms with Crippen LogP contribution in [0.2, 0.25) is 0 Å². The van der Waals surface area contributed by atoms with Crippen molar-refractivity contribution in [3.63, 3.8) is 0 Å². The van der Waals surface area contributed by atoms with Gasteiger partial charge in [0.1, 0.15) is 18.0 Å². The van der Waals surface area contributed by atoms with Crippen LogP contribution in [0, 0.1) is 12.8 Å². The third-order valence-corrected chi connectivity index (χ3v) is 5.57. The average molecular weight is 400 g/mol. The van der Waals surface area contributed by atoms with Crippen molar-refractivity contribution < 1.29 is 4.79 Å². The second-order valence-electron chi connectivity index (χ2n) is 7.95. The number of nitrogens with one attached hydrogen (secondary N) is 1. The van der Waals surface area contributed by atoms with E-state index in [1.54, 1.807) is 11.0 Å². The lowest BCUT2D eigenvalue weighted by atomic mass is 9.93. The van der Waals surface area contributed by atoms with Crippen LogP contribution < -0.4 is 10.2 Å². The Bertz CT molecular complexity index is 819. The average Bonchev–Trinajstić information content (AvgIpc) is 3.03. The van der Waals surface area contributed by atoms with E-state index in [1.165, 1.54) is 6.42 Å². The Balaban J connectivity index is 1.50. The van der Waals surface area contributed by atoms with Crippen LogP contribution in [0.3, 0.4) is 0 Å². The predicted molar refractivity (Wildman–Crippen MR) is 115 cm³/mol. The van der Waals surface area contributed by atoms with Crippen LogP contribution in [0.15, 0.2) is 18.6 Å². The summed E-state index contributed by atoms with van der Waals surface area (Å²) < 4.78 is 1.80. The van der Waals surface area contributed by atoms with Crippen LogP contribution >= 0.6 is 0 Å². The van der Waals surface area contributed by atoms with Gasteiger partial charge in [0.05, 0.1) is 5.69 Å². The molecule has 8 heteroatoms. The largest absolute Gasteiger partial charge is 0.370 e. The molecule has 1 N–H and O–H groups in total. The first-order valence-electron chi connectivity index (χ1n) is 10.5. The number of anilines is 2. The minimum atomic E-state index is 0.196. The maximum Gasteiger partial charge on any atom is 0.222 e. The second kappa shape index (κ2) is 9.71. The smallest absolute Gasteiger partial charge is 0.222 e. The summed E-state index contributed by atoms with van der Waals surface area (Å²) in [5.41, 5.74) is 2.09. The normalized spacial score (nSPS) is 16.7. The molecule has 0 aromatic carbocycles. The van der Waals surface area contributed by atoms with Gasteiger partial charge in [0.15, 0.2) is 0 Å². The molecule has 2 aromatic rings. The van der Waals surface area contributed by atoms with E-state index < -0.39 is 0 Å². The number of aromatic nitrogens is 4. The Morgan fingerprint density at radius 1 is 1.38 bits per heavy atom. The van der Waals surface area contributed by atoms with E-state index in [1.807, 2.05) is 38.2 Å². The number of carbonyl (C=O) groups excluding carboxylic acids is 1. The molecule has 3 rings (SSSR count). The molecule has 1 aliphatic heterocycles. The fraction of sp³-hybridized carbons (Fsp3) is 0.619. The number of hydrogen-bond acceptors (Lipinski definition) is 6. The third-order valence-electron chi connectivity index (χ3n) is 5.57.